The normalized spacial score (nSPS) is 14.0. The molecule has 0 spiro atoms. The van der Waals surface area contributed by atoms with Gasteiger partial charge in [-0.1, -0.05) is 48.0 Å². The standard InChI is InChI=1S/C26H21ClN2O6/c1-16-19(9-6-10-22(16)29(31)32)25-28-21(26(30)35-25)14-18-13-20(27)24(23(15-18)33-2)34-12-11-17-7-4-3-5-8-17/h3-10,13-15H,11-12H2,1-2H3/b21-14-. The lowest BCUT2D eigenvalue weighted by atomic mass is 10.1. The van der Waals surface area contributed by atoms with E-state index in [1.54, 1.807) is 25.1 Å². The quantitative estimate of drug-likeness (QED) is 0.177. The molecule has 178 valence electrons. The minimum atomic E-state index is -0.677. The van der Waals surface area contributed by atoms with Gasteiger partial charge in [-0.2, -0.15) is 0 Å². The monoisotopic (exact) mass is 492 g/mol. The number of hydrogen-bond donors (Lipinski definition) is 0. The fraction of sp³-hybridized carbons (Fsp3) is 0.154. The Bertz CT molecular complexity index is 1350. The van der Waals surface area contributed by atoms with Gasteiger partial charge >= 0.3 is 5.97 Å². The van der Waals surface area contributed by atoms with Crippen molar-refractivity contribution in [3.63, 3.8) is 0 Å². The molecule has 0 bridgehead atoms. The number of nitro benzene ring substituents is 1. The Kier molecular flexibility index (Phi) is 7.12. The molecule has 0 aromatic heterocycles. The van der Waals surface area contributed by atoms with Gasteiger partial charge in [0.15, 0.2) is 17.2 Å². The van der Waals surface area contributed by atoms with Crippen molar-refractivity contribution in [1.82, 2.24) is 0 Å². The van der Waals surface area contributed by atoms with Crippen LogP contribution in [0.2, 0.25) is 5.02 Å². The number of aliphatic imine (C=N–C) groups is 1. The Balaban J connectivity index is 1.58. The molecule has 4 rings (SSSR count). The first kappa shape index (κ1) is 24.0. The van der Waals surface area contributed by atoms with Gasteiger partial charge < -0.3 is 14.2 Å². The molecule has 0 N–H and O–H groups in total. The molecule has 35 heavy (non-hydrogen) atoms. The average molecular weight is 493 g/mol. The summed E-state index contributed by atoms with van der Waals surface area (Å²) in [5.41, 5.74) is 2.35. The molecule has 0 saturated heterocycles. The Hall–Kier alpha value is -4.17. The van der Waals surface area contributed by atoms with Gasteiger partial charge in [-0.25, -0.2) is 9.79 Å². The summed E-state index contributed by atoms with van der Waals surface area (Å²) in [6.45, 7) is 1.98. The second-order valence-electron chi connectivity index (χ2n) is 7.66. The number of cyclic esters (lactones) is 1. The van der Waals surface area contributed by atoms with Crippen molar-refractivity contribution in [1.29, 1.82) is 0 Å². The van der Waals surface area contributed by atoms with E-state index in [1.807, 2.05) is 30.3 Å². The van der Waals surface area contributed by atoms with E-state index in [0.717, 1.165) is 5.56 Å². The van der Waals surface area contributed by atoms with E-state index in [0.29, 0.717) is 46.2 Å². The Labute approximate surface area is 206 Å². The highest BCUT2D eigenvalue weighted by Gasteiger charge is 2.27. The summed E-state index contributed by atoms with van der Waals surface area (Å²) >= 11 is 6.46. The average Bonchev–Trinajstić information content (AvgIpc) is 3.20. The molecule has 0 atom stereocenters. The number of benzene rings is 3. The number of ether oxygens (including phenoxy) is 3. The number of carbonyl (C=O) groups is 1. The van der Waals surface area contributed by atoms with E-state index in [9.17, 15) is 14.9 Å². The molecule has 3 aromatic rings. The van der Waals surface area contributed by atoms with Gasteiger partial charge in [0.1, 0.15) is 0 Å². The highest BCUT2D eigenvalue weighted by molar-refractivity contribution is 6.32. The number of hydrogen-bond acceptors (Lipinski definition) is 7. The van der Waals surface area contributed by atoms with Crippen LogP contribution in [0.1, 0.15) is 22.3 Å². The van der Waals surface area contributed by atoms with Crippen molar-refractivity contribution in [2.75, 3.05) is 13.7 Å². The van der Waals surface area contributed by atoms with Gasteiger partial charge in [0, 0.05) is 23.6 Å². The minimum absolute atomic E-state index is 0.00128. The zero-order valence-electron chi connectivity index (χ0n) is 19.0. The number of esters is 1. The lowest BCUT2D eigenvalue weighted by molar-refractivity contribution is -0.385. The number of nitrogens with zero attached hydrogens (tertiary/aromatic N) is 2. The van der Waals surface area contributed by atoms with Crippen LogP contribution in [0, 0.1) is 17.0 Å². The number of halogens is 1. The second-order valence-corrected chi connectivity index (χ2v) is 8.07. The van der Waals surface area contributed by atoms with E-state index in [2.05, 4.69) is 4.99 Å². The van der Waals surface area contributed by atoms with Crippen LogP contribution >= 0.6 is 11.6 Å². The maximum absolute atomic E-state index is 12.4. The summed E-state index contributed by atoms with van der Waals surface area (Å²) in [4.78, 5) is 27.4. The van der Waals surface area contributed by atoms with E-state index in [-0.39, 0.29) is 17.3 Å². The van der Waals surface area contributed by atoms with Crippen molar-refractivity contribution in [2.45, 2.75) is 13.3 Å². The third-order valence-electron chi connectivity index (χ3n) is 5.39. The van der Waals surface area contributed by atoms with Gasteiger partial charge in [0.25, 0.3) is 5.69 Å². The Morgan fingerprint density at radius 1 is 1.14 bits per heavy atom. The molecule has 1 aliphatic rings. The van der Waals surface area contributed by atoms with Crippen LogP contribution in [0.4, 0.5) is 5.69 Å². The summed E-state index contributed by atoms with van der Waals surface area (Å²) in [7, 11) is 1.50. The zero-order valence-corrected chi connectivity index (χ0v) is 19.7. The molecular formula is C26H21ClN2O6. The largest absolute Gasteiger partial charge is 0.493 e. The number of methoxy groups -OCH3 is 1. The van der Waals surface area contributed by atoms with Crippen molar-refractivity contribution in [3.05, 3.63) is 104 Å². The fourth-order valence-corrected chi connectivity index (χ4v) is 3.89. The van der Waals surface area contributed by atoms with Crippen molar-refractivity contribution < 1.29 is 23.9 Å². The molecule has 3 aromatic carbocycles. The Morgan fingerprint density at radius 2 is 1.91 bits per heavy atom. The molecule has 0 fully saturated rings. The predicted molar refractivity (Wildman–Crippen MR) is 132 cm³/mol. The van der Waals surface area contributed by atoms with E-state index < -0.39 is 10.9 Å². The van der Waals surface area contributed by atoms with Crippen molar-refractivity contribution in [3.8, 4) is 11.5 Å². The number of carbonyl (C=O) groups excluding carboxylic acids is 1. The van der Waals surface area contributed by atoms with Gasteiger partial charge in [0.2, 0.25) is 5.90 Å². The lowest BCUT2D eigenvalue weighted by Gasteiger charge is -2.13. The van der Waals surface area contributed by atoms with Crippen LogP contribution in [0.3, 0.4) is 0 Å². The number of nitro groups is 1. The number of rotatable bonds is 8. The molecule has 9 heteroatoms. The summed E-state index contributed by atoms with van der Waals surface area (Å²) in [6.07, 6.45) is 2.21. The molecule has 0 amide bonds. The summed E-state index contributed by atoms with van der Waals surface area (Å²) in [6, 6.07) is 17.7. The van der Waals surface area contributed by atoms with Crippen molar-refractivity contribution >= 4 is 35.2 Å². The van der Waals surface area contributed by atoms with E-state index in [1.165, 1.54) is 25.3 Å². The van der Waals surface area contributed by atoms with Gasteiger partial charge in [-0.05, 0) is 42.3 Å². The van der Waals surface area contributed by atoms with Gasteiger partial charge in [-0.3, -0.25) is 10.1 Å². The van der Waals surface area contributed by atoms with E-state index in [4.69, 9.17) is 25.8 Å². The smallest absolute Gasteiger partial charge is 0.363 e. The SMILES string of the molecule is COc1cc(/C=C2\N=C(c3cccc([N+](=O)[O-])c3C)OC2=O)cc(Cl)c1OCCc1ccccc1. The third-order valence-corrected chi connectivity index (χ3v) is 5.67. The second kappa shape index (κ2) is 10.4. The van der Waals surface area contributed by atoms with Gasteiger partial charge in [0.05, 0.1) is 23.7 Å². The zero-order chi connectivity index (χ0) is 24.9. The third kappa shape index (κ3) is 5.33. The van der Waals surface area contributed by atoms with Crippen molar-refractivity contribution in [2.24, 2.45) is 4.99 Å². The molecule has 8 nitrogen and oxygen atoms in total. The molecule has 0 saturated carbocycles. The molecule has 0 unspecified atom stereocenters. The summed E-state index contributed by atoms with van der Waals surface area (Å²) in [5.74, 6) is 0.130. The highest BCUT2D eigenvalue weighted by Crippen LogP contribution is 2.37. The molecular weight excluding hydrogens is 472 g/mol. The maximum atomic E-state index is 12.4. The first-order chi connectivity index (χ1) is 16.9. The highest BCUT2D eigenvalue weighted by atomic mass is 35.5. The minimum Gasteiger partial charge on any atom is -0.493 e. The first-order valence-corrected chi connectivity index (χ1v) is 11.1. The molecule has 0 radical (unpaired) electrons. The fourth-order valence-electron chi connectivity index (χ4n) is 3.61. The topological polar surface area (TPSA) is 100 Å². The van der Waals surface area contributed by atoms with Crippen LogP contribution < -0.4 is 9.47 Å². The summed E-state index contributed by atoms with van der Waals surface area (Å²) in [5, 5.41) is 11.5. The van der Waals surface area contributed by atoms with Crippen LogP contribution in [-0.4, -0.2) is 30.5 Å². The van der Waals surface area contributed by atoms with Crippen LogP contribution in [-0.2, 0) is 16.0 Å². The lowest BCUT2D eigenvalue weighted by Crippen LogP contribution is -2.08. The van der Waals surface area contributed by atoms with E-state index >= 15 is 0 Å². The van der Waals surface area contributed by atoms with Crippen LogP contribution in [0.5, 0.6) is 11.5 Å². The Morgan fingerprint density at radius 3 is 2.63 bits per heavy atom. The van der Waals surface area contributed by atoms with Crippen LogP contribution in [0.15, 0.2) is 71.4 Å². The first-order valence-electron chi connectivity index (χ1n) is 10.7. The summed E-state index contributed by atoms with van der Waals surface area (Å²) < 4.78 is 16.6. The van der Waals surface area contributed by atoms with Crippen LogP contribution in [0.25, 0.3) is 6.08 Å². The molecule has 1 heterocycles. The molecule has 0 aliphatic carbocycles. The molecule has 1 aliphatic heterocycles. The van der Waals surface area contributed by atoms with Gasteiger partial charge in [-0.15, -0.1) is 0 Å². The maximum Gasteiger partial charge on any atom is 0.363 e. The predicted octanol–water partition coefficient (Wildman–Crippen LogP) is 5.53.